The van der Waals surface area contributed by atoms with Crippen LogP contribution in [-0.2, 0) is 42.7 Å². The maximum Gasteiger partial charge on any atom is 0.335 e. The molecule has 22 nitrogen and oxygen atoms in total. The SMILES string of the molecule is C[C@@H]1O[C@@H](O[C@H]2[C@H](O[C@H]3[C@H](O[C@H]4CC[C@@]5(C)[C@@H](CC[C@]6(C)[C@@H]5CC=C5[C@@H]7CC(C)(C)C[C@@H](O[C@@H]8O[C@@H](C)[C@H](O)[C@@H](O)[C@H]8O)[C@]7(C)CC[C@]56C)[C@@]4(C)CO)O[C@H](C(=O)O)[C@@H](O)[C@@H]3O)O[C@H](CO)[C@H](O)[C@@H]2O)[C@H](O)[C@H](O)[C@H]1O. The van der Waals surface area contributed by atoms with E-state index in [9.17, 15) is 71.2 Å². The first kappa shape index (κ1) is 59.0. The van der Waals surface area contributed by atoms with Crippen LogP contribution in [0, 0.1) is 50.2 Å². The van der Waals surface area contributed by atoms with Gasteiger partial charge in [0.25, 0.3) is 0 Å². The molecule has 13 N–H and O–H groups in total. The Bertz CT molecular complexity index is 2120. The number of hydrogen-bond donors (Lipinski definition) is 13. The Hall–Kier alpha value is -1.59. The van der Waals surface area contributed by atoms with Crippen molar-refractivity contribution in [2.45, 2.75) is 255 Å². The van der Waals surface area contributed by atoms with E-state index in [1.807, 2.05) is 6.92 Å². The van der Waals surface area contributed by atoms with Gasteiger partial charge in [0.2, 0.25) is 0 Å². The summed E-state index contributed by atoms with van der Waals surface area (Å²) in [4.78, 5) is 12.6. The summed E-state index contributed by atoms with van der Waals surface area (Å²) in [6.45, 7) is 17.8. The van der Waals surface area contributed by atoms with E-state index in [0.29, 0.717) is 19.3 Å². The van der Waals surface area contributed by atoms with Gasteiger partial charge in [0.1, 0.15) is 79.4 Å². The molecule has 8 fully saturated rings. The molecule has 436 valence electrons. The predicted octanol–water partition coefficient (Wildman–Crippen LogP) is -0.444. The molecule has 0 aromatic rings. The molecule has 4 aliphatic heterocycles. The maximum absolute atomic E-state index is 12.6. The normalized spacial score (nSPS) is 56.3. The first-order valence-corrected chi connectivity index (χ1v) is 27.6. The fourth-order valence-electron chi connectivity index (χ4n) is 16.6. The second-order valence-corrected chi connectivity index (χ2v) is 26.4. The zero-order valence-electron chi connectivity index (χ0n) is 45.3. The molecule has 0 unspecified atom stereocenters. The summed E-state index contributed by atoms with van der Waals surface area (Å²) in [6, 6.07) is 0. The Labute approximate surface area is 444 Å². The van der Waals surface area contributed by atoms with Gasteiger partial charge in [-0.3, -0.25) is 0 Å². The van der Waals surface area contributed by atoms with Gasteiger partial charge in [0, 0.05) is 10.8 Å². The molecule has 76 heavy (non-hydrogen) atoms. The van der Waals surface area contributed by atoms with Crippen LogP contribution >= 0.6 is 0 Å². The lowest BCUT2D eigenvalue weighted by atomic mass is 9.33. The molecule has 0 aromatic heterocycles. The molecule has 9 rings (SSSR count). The Morgan fingerprint density at radius 1 is 0.566 bits per heavy atom. The topological polar surface area (TPSA) is 354 Å². The highest BCUT2D eigenvalue weighted by atomic mass is 16.8. The molecule has 4 saturated heterocycles. The van der Waals surface area contributed by atoms with E-state index in [0.717, 1.165) is 38.5 Å². The van der Waals surface area contributed by atoms with Crippen molar-refractivity contribution < 1.29 is 109 Å². The van der Waals surface area contributed by atoms with Crippen molar-refractivity contribution in [1.82, 2.24) is 0 Å². The number of carboxylic acid groups (broad SMARTS) is 1. The lowest BCUT2D eigenvalue weighted by molar-refractivity contribution is -0.396. The number of carbonyl (C=O) groups is 1. The van der Waals surface area contributed by atoms with E-state index in [4.69, 9.17) is 37.9 Å². The average Bonchev–Trinajstić information content (AvgIpc) is 3.36. The van der Waals surface area contributed by atoms with E-state index < -0.39 is 147 Å². The third-order valence-electron chi connectivity index (χ3n) is 21.6. The number of allylic oxidation sites excluding steroid dienone is 2. The fraction of sp³-hybridized carbons (Fsp3) is 0.944. The van der Waals surface area contributed by atoms with Gasteiger partial charge in [-0.15, -0.1) is 0 Å². The molecule has 30 atom stereocenters. The molecule has 22 heteroatoms. The van der Waals surface area contributed by atoms with Crippen LogP contribution < -0.4 is 0 Å². The zero-order valence-corrected chi connectivity index (χ0v) is 45.3. The van der Waals surface area contributed by atoms with Gasteiger partial charge in [0.15, 0.2) is 31.3 Å². The molecule has 0 spiro atoms. The monoisotopic (exact) mass is 1090 g/mol. The van der Waals surface area contributed by atoms with Crippen LogP contribution in [0.4, 0.5) is 0 Å². The summed E-state index contributed by atoms with van der Waals surface area (Å²) in [7, 11) is 0. The van der Waals surface area contributed by atoms with Crippen LogP contribution in [-0.4, -0.2) is 221 Å². The predicted molar refractivity (Wildman–Crippen MR) is 262 cm³/mol. The van der Waals surface area contributed by atoms with Gasteiger partial charge >= 0.3 is 5.97 Å². The minimum atomic E-state index is -2.10. The van der Waals surface area contributed by atoms with Gasteiger partial charge in [-0.2, -0.15) is 0 Å². The molecule has 5 aliphatic carbocycles. The lowest BCUT2D eigenvalue weighted by Crippen LogP contribution is -2.68. The van der Waals surface area contributed by atoms with E-state index in [1.54, 1.807) is 6.92 Å². The summed E-state index contributed by atoms with van der Waals surface area (Å²) in [6.07, 6.45) is -24.6. The number of aliphatic hydroxyl groups is 12. The van der Waals surface area contributed by atoms with Crippen LogP contribution in [0.2, 0.25) is 0 Å². The number of carboxylic acids is 1. The highest BCUT2D eigenvalue weighted by molar-refractivity contribution is 5.73. The number of ether oxygens (including phenoxy) is 8. The standard InChI is InChI=1S/C54H88O22/c1-22-31(57)34(60)39(65)45(69-22)73-30-19-49(3,4)18-25-24-10-11-28-51(6)14-13-29(52(7,21-56)27(51)12-15-54(28,9)53(24,8)17-16-50(25,30)5)72-48-43(38(64)37(63)41(74-48)44(67)68)76-47-42(36(62)33(59)26(20-55)71-47)75-46-40(66)35(61)32(58)23(2)70-46/h10,22-23,25-43,45-48,55-66H,11-21H2,1-9H3,(H,67,68)/t22-,23-,25-,26+,27+,28+,29-,30+,31-,32-,33-,34+,35+,36-,37-,38-,39+,40+,41-,42+,43+,45-,46-,47-,48+,50+,51-,52+,53+,54+/m0/s1. The summed E-state index contributed by atoms with van der Waals surface area (Å²) in [5, 5.41) is 141. The van der Waals surface area contributed by atoms with E-state index in [1.165, 1.54) is 12.5 Å². The highest BCUT2D eigenvalue weighted by Gasteiger charge is 2.70. The van der Waals surface area contributed by atoms with Crippen molar-refractivity contribution in [3.8, 4) is 0 Å². The minimum Gasteiger partial charge on any atom is -0.479 e. The first-order valence-electron chi connectivity index (χ1n) is 27.6. The molecule has 0 radical (unpaired) electrons. The Balaban J connectivity index is 0.979. The van der Waals surface area contributed by atoms with Gasteiger partial charge in [-0.05, 0) is 111 Å². The number of rotatable bonds is 11. The van der Waals surface area contributed by atoms with Crippen LogP contribution in [0.25, 0.3) is 0 Å². The molecule has 9 aliphatic rings. The quantitative estimate of drug-likeness (QED) is 0.0921. The van der Waals surface area contributed by atoms with Crippen molar-refractivity contribution in [3.63, 3.8) is 0 Å². The van der Waals surface area contributed by atoms with Gasteiger partial charge < -0.3 is 104 Å². The van der Waals surface area contributed by atoms with Gasteiger partial charge in [-0.25, -0.2) is 4.79 Å². The second-order valence-electron chi connectivity index (χ2n) is 26.4. The third-order valence-corrected chi connectivity index (χ3v) is 21.6. The van der Waals surface area contributed by atoms with Crippen LogP contribution in [0.15, 0.2) is 11.6 Å². The minimum absolute atomic E-state index is 0.138. The van der Waals surface area contributed by atoms with E-state index in [2.05, 4.69) is 47.6 Å². The number of aliphatic hydroxyl groups excluding tert-OH is 12. The first-order chi connectivity index (χ1) is 35.4. The molecular formula is C54H88O22. The second kappa shape index (κ2) is 21.0. The third kappa shape index (κ3) is 9.38. The van der Waals surface area contributed by atoms with Crippen molar-refractivity contribution >= 4 is 5.97 Å². The van der Waals surface area contributed by atoms with E-state index >= 15 is 0 Å². The summed E-state index contributed by atoms with van der Waals surface area (Å²) < 4.78 is 49.1. The molecular weight excluding hydrogens is 1000 g/mol. The van der Waals surface area contributed by atoms with Crippen molar-refractivity contribution in [3.05, 3.63) is 11.6 Å². The molecule has 0 aromatic carbocycles. The Kier molecular flexibility index (Phi) is 16.3. The van der Waals surface area contributed by atoms with Crippen molar-refractivity contribution in [1.29, 1.82) is 0 Å². The summed E-state index contributed by atoms with van der Waals surface area (Å²) >= 11 is 0. The molecule has 4 saturated carbocycles. The van der Waals surface area contributed by atoms with Crippen molar-refractivity contribution in [2.75, 3.05) is 13.2 Å². The molecule has 0 bridgehead atoms. The fourth-order valence-corrected chi connectivity index (χ4v) is 16.6. The van der Waals surface area contributed by atoms with Crippen molar-refractivity contribution in [2.24, 2.45) is 50.2 Å². The van der Waals surface area contributed by atoms with Crippen LogP contribution in [0.3, 0.4) is 0 Å². The smallest absolute Gasteiger partial charge is 0.335 e. The number of aliphatic carboxylic acids is 1. The Morgan fingerprint density at radius 2 is 1.12 bits per heavy atom. The zero-order chi connectivity index (χ0) is 55.7. The van der Waals surface area contributed by atoms with Crippen LogP contribution in [0.1, 0.15) is 120 Å². The molecule has 0 amide bonds. The number of fused-ring (bicyclic) bond motifs is 7. The average molecular weight is 1090 g/mol. The maximum atomic E-state index is 12.6. The largest absolute Gasteiger partial charge is 0.479 e. The lowest BCUT2D eigenvalue weighted by Gasteiger charge is -2.72. The van der Waals surface area contributed by atoms with Gasteiger partial charge in [0.05, 0.1) is 37.6 Å². The molecule has 4 heterocycles. The van der Waals surface area contributed by atoms with Gasteiger partial charge in [-0.1, -0.05) is 60.1 Å². The summed E-state index contributed by atoms with van der Waals surface area (Å²) in [5.41, 5.74) is -0.808. The highest BCUT2D eigenvalue weighted by Crippen LogP contribution is 2.76. The Morgan fingerprint density at radius 3 is 1.70 bits per heavy atom. The van der Waals surface area contributed by atoms with Crippen LogP contribution in [0.5, 0.6) is 0 Å². The van der Waals surface area contributed by atoms with E-state index in [-0.39, 0.29) is 57.5 Å². The number of hydrogen-bond acceptors (Lipinski definition) is 21. The summed E-state index contributed by atoms with van der Waals surface area (Å²) in [5.74, 6) is -1.47.